The van der Waals surface area contributed by atoms with E-state index in [1.54, 1.807) is 29.8 Å². The van der Waals surface area contributed by atoms with Gasteiger partial charge in [0.15, 0.2) is 0 Å². The van der Waals surface area contributed by atoms with Crippen molar-refractivity contribution in [3.63, 3.8) is 0 Å². The van der Waals surface area contributed by atoms with Gasteiger partial charge in [0.1, 0.15) is 15.8 Å². The number of anilines is 1. The van der Waals surface area contributed by atoms with Gasteiger partial charge in [0, 0.05) is 36.0 Å². The predicted octanol–water partition coefficient (Wildman–Crippen LogP) is 5.67. The van der Waals surface area contributed by atoms with Crippen LogP contribution in [-0.4, -0.2) is 37.1 Å². The minimum absolute atomic E-state index is 0.0346. The number of thiophene rings is 1. The second-order valence-corrected chi connectivity index (χ2v) is 11.1. The SMILES string of the molecule is COc1cccc(-c2ccc3sc(-c4c(NC(=O)CCNC(C)C)sc5c4CCNC5)nc3c2)c1. The topological polar surface area (TPSA) is 75.3 Å². The summed E-state index contributed by atoms with van der Waals surface area (Å²) in [7, 11) is 1.68. The highest BCUT2D eigenvalue weighted by Crippen LogP contribution is 2.45. The number of hydrogen-bond acceptors (Lipinski definition) is 7. The first kappa shape index (κ1) is 23.9. The first-order valence-electron chi connectivity index (χ1n) is 12.0. The van der Waals surface area contributed by atoms with Gasteiger partial charge in [-0.3, -0.25) is 4.79 Å². The van der Waals surface area contributed by atoms with Crippen molar-refractivity contribution in [1.29, 1.82) is 0 Å². The summed E-state index contributed by atoms with van der Waals surface area (Å²) in [6, 6.07) is 14.9. The Bertz CT molecular complexity index is 1360. The molecule has 4 aromatic rings. The quantitative estimate of drug-likeness (QED) is 0.287. The Hall–Kier alpha value is -2.78. The standard InChI is InChI=1S/C27H30N4O2S2/c1-16(2)29-12-10-24(32)31-27-25(20-9-11-28-15-23(20)35-27)26-30-21-14-18(7-8-22(21)34-26)17-5-4-6-19(13-17)33-3/h4-8,13-14,16,28-29H,9-12,15H2,1-3H3,(H,31,32). The van der Waals surface area contributed by atoms with Crippen molar-refractivity contribution in [2.24, 2.45) is 0 Å². The first-order chi connectivity index (χ1) is 17.0. The Kier molecular flexibility index (Phi) is 7.15. The zero-order valence-electron chi connectivity index (χ0n) is 20.2. The van der Waals surface area contributed by atoms with Crippen molar-refractivity contribution in [2.45, 2.75) is 39.3 Å². The van der Waals surface area contributed by atoms with Crippen LogP contribution in [0.25, 0.3) is 31.9 Å². The van der Waals surface area contributed by atoms with E-state index in [-0.39, 0.29) is 5.91 Å². The van der Waals surface area contributed by atoms with Crippen LogP contribution in [0.2, 0.25) is 0 Å². The highest BCUT2D eigenvalue weighted by molar-refractivity contribution is 7.23. The Labute approximate surface area is 213 Å². The van der Waals surface area contributed by atoms with Crippen molar-refractivity contribution >= 4 is 43.8 Å². The Morgan fingerprint density at radius 2 is 2.03 bits per heavy atom. The van der Waals surface area contributed by atoms with Crippen molar-refractivity contribution in [2.75, 3.05) is 25.5 Å². The van der Waals surface area contributed by atoms with Crippen molar-refractivity contribution in [3.05, 3.63) is 52.9 Å². The molecule has 0 spiro atoms. The third kappa shape index (κ3) is 5.26. The number of thiazole rings is 1. The average molecular weight is 507 g/mol. The molecule has 1 aliphatic heterocycles. The van der Waals surface area contributed by atoms with Gasteiger partial charge < -0.3 is 20.7 Å². The van der Waals surface area contributed by atoms with Gasteiger partial charge in [-0.2, -0.15) is 0 Å². The molecule has 182 valence electrons. The molecule has 0 atom stereocenters. The third-order valence-corrected chi connectivity index (χ3v) is 8.29. The molecule has 3 heterocycles. The number of amides is 1. The number of rotatable bonds is 8. The maximum Gasteiger partial charge on any atom is 0.226 e. The summed E-state index contributed by atoms with van der Waals surface area (Å²) in [4.78, 5) is 19.1. The summed E-state index contributed by atoms with van der Waals surface area (Å²) in [5.41, 5.74) is 5.59. The van der Waals surface area contributed by atoms with Crippen LogP contribution in [0.3, 0.4) is 0 Å². The lowest BCUT2D eigenvalue weighted by atomic mass is 10.0. The fraction of sp³-hybridized carbons (Fsp3) is 0.333. The molecule has 1 aliphatic rings. The second-order valence-electron chi connectivity index (χ2n) is 8.98. The zero-order valence-corrected chi connectivity index (χ0v) is 21.9. The lowest BCUT2D eigenvalue weighted by Gasteiger charge is -2.13. The predicted molar refractivity (Wildman–Crippen MR) is 147 cm³/mol. The number of nitrogens with zero attached hydrogens (tertiary/aromatic N) is 1. The number of benzene rings is 2. The minimum Gasteiger partial charge on any atom is -0.497 e. The minimum atomic E-state index is 0.0346. The number of nitrogens with one attached hydrogen (secondary N) is 3. The smallest absolute Gasteiger partial charge is 0.226 e. The van der Waals surface area contributed by atoms with Crippen LogP contribution in [0, 0.1) is 0 Å². The van der Waals surface area contributed by atoms with E-state index < -0.39 is 0 Å². The van der Waals surface area contributed by atoms with Crippen molar-refractivity contribution < 1.29 is 9.53 Å². The van der Waals surface area contributed by atoms with Crippen LogP contribution in [0.15, 0.2) is 42.5 Å². The second kappa shape index (κ2) is 10.5. The number of fused-ring (bicyclic) bond motifs is 2. The fourth-order valence-electron chi connectivity index (χ4n) is 4.33. The molecular weight excluding hydrogens is 476 g/mol. The van der Waals surface area contributed by atoms with E-state index in [1.807, 2.05) is 18.2 Å². The molecule has 6 nitrogen and oxygen atoms in total. The third-order valence-electron chi connectivity index (χ3n) is 6.09. The zero-order chi connectivity index (χ0) is 24.4. The highest BCUT2D eigenvalue weighted by atomic mass is 32.1. The lowest BCUT2D eigenvalue weighted by Crippen LogP contribution is -2.27. The summed E-state index contributed by atoms with van der Waals surface area (Å²) >= 11 is 3.37. The molecule has 2 aromatic carbocycles. The molecule has 5 rings (SSSR count). The van der Waals surface area contributed by atoms with Crippen LogP contribution >= 0.6 is 22.7 Å². The van der Waals surface area contributed by atoms with E-state index in [4.69, 9.17) is 9.72 Å². The summed E-state index contributed by atoms with van der Waals surface area (Å²) in [5, 5.41) is 11.9. The number of methoxy groups -OCH3 is 1. The Morgan fingerprint density at radius 3 is 2.86 bits per heavy atom. The van der Waals surface area contributed by atoms with Gasteiger partial charge in [0.05, 0.1) is 17.3 Å². The van der Waals surface area contributed by atoms with Gasteiger partial charge in [-0.05, 0) is 53.9 Å². The van der Waals surface area contributed by atoms with Gasteiger partial charge in [-0.15, -0.1) is 22.7 Å². The van der Waals surface area contributed by atoms with Crippen molar-refractivity contribution in [1.82, 2.24) is 15.6 Å². The summed E-state index contributed by atoms with van der Waals surface area (Å²) in [5.74, 6) is 0.872. The molecule has 0 saturated carbocycles. The number of aromatic nitrogens is 1. The van der Waals surface area contributed by atoms with Crippen molar-refractivity contribution in [3.8, 4) is 27.4 Å². The summed E-state index contributed by atoms with van der Waals surface area (Å²) < 4.78 is 6.53. The summed E-state index contributed by atoms with van der Waals surface area (Å²) in [6.45, 7) is 6.61. The highest BCUT2D eigenvalue weighted by Gasteiger charge is 2.25. The van der Waals surface area contributed by atoms with Gasteiger partial charge in [-0.1, -0.05) is 32.0 Å². The maximum atomic E-state index is 12.7. The molecule has 0 radical (unpaired) electrons. The molecule has 0 unspecified atom stereocenters. The van der Waals surface area contributed by atoms with E-state index >= 15 is 0 Å². The molecule has 2 aromatic heterocycles. The van der Waals surface area contributed by atoms with Gasteiger partial charge in [-0.25, -0.2) is 4.98 Å². The average Bonchev–Trinajstić information content (AvgIpc) is 3.43. The Morgan fingerprint density at radius 1 is 1.17 bits per heavy atom. The van der Waals surface area contributed by atoms with E-state index in [0.717, 1.165) is 62.2 Å². The maximum absolute atomic E-state index is 12.7. The molecular formula is C27H30N4O2S2. The number of hydrogen-bond donors (Lipinski definition) is 3. The molecule has 8 heteroatoms. The van der Waals surface area contributed by atoms with Crippen LogP contribution in [0.4, 0.5) is 5.00 Å². The van der Waals surface area contributed by atoms with E-state index in [9.17, 15) is 4.79 Å². The fourth-order valence-corrected chi connectivity index (χ4v) is 6.65. The van der Waals surface area contributed by atoms with Crippen LogP contribution in [-0.2, 0) is 17.8 Å². The molecule has 0 saturated heterocycles. The van der Waals surface area contributed by atoms with Gasteiger partial charge in [0.25, 0.3) is 0 Å². The number of carbonyl (C=O) groups excluding carboxylic acids is 1. The molecule has 0 aliphatic carbocycles. The van der Waals surface area contributed by atoms with E-state index in [0.29, 0.717) is 19.0 Å². The number of carbonyl (C=O) groups is 1. The lowest BCUT2D eigenvalue weighted by molar-refractivity contribution is -0.116. The molecule has 1 amide bonds. The first-order valence-corrected chi connectivity index (χ1v) is 13.6. The van der Waals surface area contributed by atoms with Gasteiger partial charge in [0.2, 0.25) is 5.91 Å². The molecule has 35 heavy (non-hydrogen) atoms. The number of ether oxygens (including phenoxy) is 1. The normalized spacial score (nSPS) is 13.3. The van der Waals surface area contributed by atoms with Crippen LogP contribution in [0.5, 0.6) is 5.75 Å². The molecule has 0 bridgehead atoms. The van der Waals surface area contributed by atoms with Crippen LogP contribution in [0.1, 0.15) is 30.7 Å². The van der Waals surface area contributed by atoms with E-state index in [1.165, 1.54) is 10.4 Å². The largest absolute Gasteiger partial charge is 0.497 e. The van der Waals surface area contributed by atoms with E-state index in [2.05, 4.69) is 54.1 Å². The monoisotopic (exact) mass is 506 g/mol. The van der Waals surface area contributed by atoms with Gasteiger partial charge >= 0.3 is 0 Å². The summed E-state index contributed by atoms with van der Waals surface area (Å²) in [6.07, 6.45) is 1.39. The van der Waals surface area contributed by atoms with Crippen LogP contribution < -0.4 is 20.7 Å². The molecule has 3 N–H and O–H groups in total. The Balaban J connectivity index is 1.48. The molecule has 0 fully saturated rings.